The molecule has 5 nitrogen and oxygen atoms in total. The van der Waals surface area contributed by atoms with Gasteiger partial charge in [0.05, 0.1) is 11.1 Å². The summed E-state index contributed by atoms with van der Waals surface area (Å²) < 4.78 is 12.8. The molecule has 0 aromatic heterocycles. The zero-order chi connectivity index (χ0) is 26.4. The van der Waals surface area contributed by atoms with Crippen LogP contribution >= 0.6 is 15.9 Å². The molecular formula is C31H27BrN2O3. The lowest BCUT2D eigenvalue weighted by atomic mass is 10.0. The number of hydrogen-bond acceptors (Lipinski definition) is 4. The highest BCUT2D eigenvalue weighted by atomic mass is 79.9. The lowest BCUT2D eigenvalue weighted by Crippen LogP contribution is -2.13. The normalized spacial score (nSPS) is 11.2. The summed E-state index contributed by atoms with van der Waals surface area (Å²) in [7, 11) is 0. The summed E-state index contributed by atoms with van der Waals surface area (Å²) in [5.41, 5.74) is 4.58. The third-order valence-corrected chi connectivity index (χ3v) is 6.54. The highest BCUT2D eigenvalue weighted by Gasteiger charge is 2.16. The first-order valence-corrected chi connectivity index (χ1v) is 12.7. The standard InChI is InChI=1S/C31H27BrN2O3/c1-4-36-29-17-22(15-24(18-33)31(35)34-25-13-9-20(2)10-14-25)16-28(32)30(29)37-19-27-21(3)11-12-23-7-5-6-8-26(23)27/h5-17H,4,19H2,1-3H3,(H,34,35)/b24-15+. The van der Waals surface area contributed by atoms with Gasteiger partial charge in [0.25, 0.3) is 5.91 Å². The van der Waals surface area contributed by atoms with E-state index in [-0.39, 0.29) is 5.57 Å². The summed E-state index contributed by atoms with van der Waals surface area (Å²) >= 11 is 3.60. The van der Waals surface area contributed by atoms with Gasteiger partial charge >= 0.3 is 0 Å². The minimum atomic E-state index is -0.479. The number of fused-ring (bicyclic) bond motifs is 1. The van der Waals surface area contributed by atoms with Gasteiger partial charge in [0.1, 0.15) is 18.2 Å². The van der Waals surface area contributed by atoms with Crippen LogP contribution in [0, 0.1) is 25.2 Å². The van der Waals surface area contributed by atoms with E-state index in [2.05, 4.69) is 52.4 Å². The molecule has 6 heteroatoms. The number of ether oxygens (including phenoxy) is 2. The van der Waals surface area contributed by atoms with Crippen LogP contribution in [0.1, 0.15) is 29.2 Å². The number of benzene rings is 4. The number of amides is 1. The van der Waals surface area contributed by atoms with Crippen LogP contribution in [0.25, 0.3) is 16.8 Å². The SMILES string of the molecule is CCOc1cc(/C=C(\C#N)C(=O)Nc2ccc(C)cc2)cc(Br)c1OCc1c(C)ccc2ccccc12. The molecule has 0 atom stereocenters. The molecule has 0 bridgehead atoms. The Balaban J connectivity index is 1.61. The Bertz CT molecular complexity index is 1520. The molecule has 0 aliphatic heterocycles. The van der Waals surface area contributed by atoms with Crippen molar-refractivity contribution < 1.29 is 14.3 Å². The molecule has 0 aliphatic rings. The fourth-order valence-electron chi connectivity index (χ4n) is 4.01. The molecule has 0 saturated heterocycles. The zero-order valence-corrected chi connectivity index (χ0v) is 22.6. The van der Waals surface area contributed by atoms with Crippen LogP contribution in [0.15, 0.2) is 82.8 Å². The second-order valence-corrected chi connectivity index (χ2v) is 9.48. The predicted octanol–water partition coefficient (Wildman–Crippen LogP) is 7.74. The molecule has 1 N–H and O–H groups in total. The highest BCUT2D eigenvalue weighted by Crippen LogP contribution is 2.38. The van der Waals surface area contributed by atoms with E-state index in [1.165, 1.54) is 6.08 Å². The molecule has 0 aliphatic carbocycles. The van der Waals surface area contributed by atoms with Crippen molar-refractivity contribution in [3.63, 3.8) is 0 Å². The van der Waals surface area contributed by atoms with Crippen LogP contribution in [0.5, 0.6) is 11.5 Å². The van der Waals surface area contributed by atoms with E-state index in [1.807, 2.05) is 50.2 Å². The van der Waals surface area contributed by atoms with Gasteiger partial charge in [0, 0.05) is 11.3 Å². The molecule has 0 fully saturated rings. The van der Waals surface area contributed by atoms with Gasteiger partial charge in [0.2, 0.25) is 0 Å². The van der Waals surface area contributed by atoms with Crippen LogP contribution in [0.2, 0.25) is 0 Å². The summed E-state index contributed by atoms with van der Waals surface area (Å²) in [6.45, 7) is 6.73. The van der Waals surface area contributed by atoms with Crippen LogP contribution in [-0.2, 0) is 11.4 Å². The minimum absolute atomic E-state index is 0.0185. The van der Waals surface area contributed by atoms with Crippen LogP contribution in [0.3, 0.4) is 0 Å². The van der Waals surface area contributed by atoms with E-state index in [4.69, 9.17) is 9.47 Å². The number of hydrogen-bond donors (Lipinski definition) is 1. The smallest absolute Gasteiger partial charge is 0.266 e. The van der Waals surface area contributed by atoms with Crippen molar-refractivity contribution in [2.24, 2.45) is 0 Å². The number of aryl methyl sites for hydroxylation is 2. The molecule has 0 radical (unpaired) electrons. The monoisotopic (exact) mass is 554 g/mol. The second kappa shape index (κ2) is 11.8. The Morgan fingerprint density at radius 1 is 1.03 bits per heavy atom. The number of nitriles is 1. The molecule has 4 rings (SSSR count). The third-order valence-electron chi connectivity index (χ3n) is 5.95. The number of rotatable bonds is 8. The summed E-state index contributed by atoms with van der Waals surface area (Å²) in [5.74, 6) is 0.610. The summed E-state index contributed by atoms with van der Waals surface area (Å²) in [5, 5.41) is 14.7. The second-order valence-electron chi connectivity index (χ2n) is 8.62. The first kappa shape index (κ1) is 26.0. The van der Waals surface area contributed by atoms with Crippen LogP contribution in [0.4, 0.5) is 5.69 Å². The van der Waals surface area contributed by atoms with E-state index in [0.29, 0.717) is 40.4 Å². The quantitative estimate of drug-likeness (QED) is 0.178. The molecule has 0 heterocycles. The molecule has 4 aromatic carbocycles. The van der Waals surface area contributed by atoms with Gasteiger partial charge in [-0.25, -0.2) is 0 Å². The number of nitrogens with one attached hydrogen (secondary N) is 1. The first-order valence-electron chi connectivity index (χ1n) is 12.0. The summed E-state index contributed by atoms with van der Waals surface area (Å²) in [4.78, 5) is 12.7. The Kier molecular flexibility index (Phi) is 8.27. The maximum Gasteiger partial charge on any atom is 0.266 e. The van der Waals surface area contributed by atoms with Gasteiger partial charge in [-0.3, -0.25) is 4.79 Å². The number of carbonyl (C=O) groups is 1. The Labute approximate surface area is 225 Å². The van der Waals surface area contributed by atoms with Gasteiger partial charge in [0.15, 0.2) is 11.5 Å². The molecule has 0 saturated carbocycles. The molecule has 1 amide bonds. The fourth-order valence-corrected chi connectivity index (χ4v) is 4.58. The van der Waals surface area contributed by atoms with Crippen LogP contribution in [-0.4, -0.2) is 12.5 Å². The van der Waals surface area contributed by atoms with Crippen LogP contribution < -0.4 is 14.8 Å². The molecule has 4 aromatic rings. The lowest BCUT2D eigenvalue weighted by molar-refractivity contribution is -0.112. The molecular weight excluding hydrogens is 528 g/mol. The Hall–Kier alpha value is -4.08. The van der Waals surface area contributed by atoms with Crippen molar-refractivity contribution in [2.45, 2.75) is 27.4 Å². The Morgan fingerprint density at radius 2 is 1.78 bits per heavy atom. The predicted molar refractivity (Wildman–Crippen MR) is 152 cm³/mol. The van der Waals surface area contributed by atoms with E-state index < -0.39 is 5.91 Å². The summed E-state index contributed by atoms with van der Waals surface area (Å²) in [6, 6.07) is 25.4. The minimum Gasteiger partial charge on any atom is -0.490 e. The molecule has 0 spiro atoms. The number of anilines is 1. The van der Waals surface area contributed by atoms with E-state index in [1.54, 1.807) is 18.2 Å². The van der Waals surface area contributed by atoms with E-state index in [0.717, 1.165) is 27.5 Å². The average Bonchev–Trinajstić information content (AvgIpc) is 2.89. The van der Waals surface area contributed by atoms with Crippen molar-refractivity contribution in [1.82, 2.24) is 0 Å². The first-order chi connectivity index (χ1) is 17.9. The number of carbonyl (C=O) groups excluding carboxylic acids is 1. The van der Waals surface area contributed by atoms with Crippen molar-refractivity contribution in [1.29, 1.82) is 5.26 Å². The molecule has 186 valence electrons. The average molecular weight is 555 g/mol. The van der Waals surface area contributed by atoms with Gasteiger partial charge in [-0.2, -0.15) is 5.26 Å². The number of halogens is 1. The molecule has 0 unspecified atom stereocenters. The largest absolute Gasteiger partial charge is 0.490 e. The maximum atomic E-state index is 12.7. The van der Waals surface area contributed by atoms with Crippen molar-refractivity contribution in [3.05, 3.63) is 105 Å². The fraction of sp³-hybridized carbons (Fsp3) is 0.161. The van der Waals surface area contributed by atoms with Gasteiger partial charge in [-0.05, 0) is 88.9 Å². The lowest BCUT2D eigenvalue weighted by Gasteiger charge is -2.17. The number of nitrogens with zero attached hydrogens (tertiary/aromatic N) is 1. The van der Waals surface area contributed by atoms with Crippen molar-refractivity contribution >= 4 is 44.4 Å². The van der Waals surface area contributed by atoms with Gasteiger partial charge < -0.3 is 14.8 Å². The van der Waals surface area contributed by atoms with Gasteiger partial charge in [-0.1, -0.05) is 54.1 Å². The van der Waals surface area contributed by atoms with E-state index >= 15 is 0 Å². The van der Waals surface area contributed by atoms with E-state index in [9.17, 15) is 10.1 Å². The highest BCUT2D eigenvalue weighted by molar-refractivity contribution is 9.10. The maximum absolute atomic E-state index is 12.7. The summed E-state index contributed by atoms with van der Waals surface area (Å²) in [6.07, 6.45) is 1.54. The third kappa shape index (κ3) is 6.19. The van der Waals surface area contributed by atoms with Gasteiger partial charge in [-0.15, -0.1) is 0 Å². The Morgan fingerprint density at radius 3 is 2.51 bits per heavy atom. The topological polar surface area (TPSA) is 71.3 Å². The molecule has 37 heavy (non-hydrogen) atoms. The van der Waals surface area contributed by atoms with Crippen molar-refractivity contribution in [2.75, 3.05) is 11.9 Å². The van der Waals surface area contributed by atoms with Crippen molar-refractivity contribution in [3.8, 4) is 17.6 Å². The zero-order valence-electron chi connectivity index (χ0n) is 21.0.